The number of aliphatic hydroxyl groups is 1. The minimum atomic E-state index is -0.824. The van der Waals surface area contributed by atoms with Gasteiger partial charge in [0, 0.05) is 45.8 Å². The van der Waals surface area contributed by atoms with Crippen molar-refractivity contribution in [3.63, 3.8) is 0 Å². The van der Waals surface area contributed by atoms with Crippen LogP contribution in [-0.2, 0) is 19.1 Å². The molecule has 250 valence electrons. The molecular formula is C29H57N7O7. The van der Waals surface area contributed by atoms with E-state index in [2.05, 4.69) is 20.9 Å². The number of carbonyl (C=O) groups excluding carboxylic acids is 4. The largest absolute Gasteiger partial charge is 0.444 e. The average Bonchev–Trinajstić information content (AvgIpc) is 2.86. The number of carbonyl (C=O) groups is 4. The summed E-state index contributed by atoms with van der Waals surface area (Å²) >= 11 is 0. The molecule has 8 N–H and O–H groups in total. The van der Waals surface area contributed by atoms with Crippen LogP contribution in [0.3, 0.4) is 0 Å². The SMILES string of the molecule is CC(C)(C)OC(=O)NCCCN(CCCCNC(=O)[C@H](CCO)NC(=O)CCCCCCN=C(N)N)C(=O)OC(C)(C)C. The zero-order valence-corrected chi connectivity index (χ0v) is 27.1. The molecule has 0 aromatic heterocycles. The van der Waals surface area contributed by atoms with Crippen molar-refractivity contribution in [2.24, 2.45) is 16.5 Å². The van der Waals surface area contributed by atoms with Crippen LogP contribution in [0.5, 0.6) is 0 Å². The highest BCUT2D eigenvalue weighted by Gasteiger charge is 2.23. The molecule has 14 nitrogen and oxygen atoms in total. The average molecular weight is 616 g/mol. The summed E-state index contributed by atoms with van der Waals surface area (Å²) in [5.74, 6) is -0.541. The number of amides is 4. The van der Waals surface area contributed by atoms with Crippen molar-refractivity contribution in [3.05, 3.63) is 0 Å². The molecule has 0 aliphatic heterocycles. The molecule has 0 unspecified atom stereocenters. The number of hydrogen-bond acceptors (Lipinski definition) is 8. The Kier molecular flexibility index (Phi) is 19.8. The Morgan fingerprint density at radius 2 is 1.42 bits per heavy atom. The maximum atomic E-state index is 12.7. The van der Waals surface area contributed by atoms with Gasteiger partial charge in [-0.25, -0.2) is 9.59 Å². The van der Waals surface area contributed by atoms with E-state index in [1.54, 1.807) is 46.4 Å². The van der Waals surface area contributed by atoms with Crippen molar-refractivity contribution in [2.45, 2.75) is 117 Å². The number of nitrogens with one attached hydrogen (secondary N) is 3. The second-order valence-electron chi connectivity index (χ2n) is 12.4. The number of ether oxygens (including phenoxy) is 2. The van der Waals surface area contributed by atoms with E-state index in [4.69, 9.17) is 20.9 Å². The zero-order valence-electron chi connectivity index (χ0n) is 27.1. The van der Waals surface area contributed by atoms with Gasteiger partial charge in [0.2, 0.25) is 11.8 Å². The van der Waals surface area contributed by atoms with E-state index >= 15 is 0 Å². The minimum Gasteiger partial charge on any atom is -0.444 e. The highest BCUT2D eigenvalue weighted by Crippen LogP contribution is 2.11. The maximum absolute atomic E-state index is 12.7. The molecule has 0 aromatic rings. The second kappa shape index (κ2) is 21.4. The van der Waals surface area contributed by atoms with Crippen LogP contribution in [0.15, 0.2) is 4.99 Å². The van der Waals surface area contributed by atoms with Gasteiger partial charge in [-0.15, -0.1) is 0 Å². The molecule has 0 aliphatic carbocycles. The van der Waals surface area contributed by atoms with Crippen molar-refractivity contribution in [3.8, 4) is 0 Å². The lowest BCUT2D eigenvalue weighted by Gasteiger charge is -2.27. The molecule has 0 saturated heterocycles. The molecule has 14 heteroatoms. The van der Waals surface area contributed by atoms with Gasteiger partial charge in [0.1, 0.15) is 17.2 Å². The number of aliphatic hydroxyl groups excluding tert-OH is 1. The Bertz CT molecular complexity index is 866. The summed E-state index contributed by atoms with van der Waals surface area (Å²) in [4.78, 5) is 55.1. The van der Waals surface area contributed by atoms with E-state index in [9.17, 15) is 24.3 Å². The summed E-state index contributed by atoms with van der Waals surface area (Å²) in [6, 6.07) is -0.824. The molecule has 43 heavy (non-hydrogen) atoms. The fourth-order valence-electron chi connectivity index (χ4n) is 3.78. The fourth-order valence-corrected chi connectivity index (χ4v) is 3.78. The molecule has 0 radical (unpaired) electrons. The van der Waals surface area contributed by atoms with Crippen molar-refractivity contribution in [1.29, 1.82) is 0 Å². The molecule has 0 heterocycles. The van der Waals surface area contributed by atoms with E-state index in [1.165, 1.54) is 0 Å². The van der Waals surface area contributed by atoms with Crippen LogP contribution in [0.1, 0.15) is 99.3 Å². The highest BCUT2D eigenvalue weighted by molar-refractivity contribution is 5.87. The monoisotopic (exact) mass is 615 g/mol. The van der Waals surface area contributed by atoms with Crippen LogP contribution >= 0.6 is 0 Å². The Morgan fingerprint density at radius 3 is 2.02 bits per heavy atom. The second-order valence-corrected chi connectivity index (χ2v) is 12.4. The first-order chi connectivity index (χ1) is 20.0. The van der Waals surface area contributed by atoms with Crippen LogP contribution in [-0.4, -0.2) is 96.5 Å². The molecule has 0 rings (SSSR count). The first-order valence-corrected chi connectivity index (χ1v) is 15.2. The number of aliphatic imine (C=N–C) groups is 1. The first kappa shape index (κ1) is 39.7. The third-order valence-electron chi connectivity index (χ3n) is 5.75. The molecule has 1 atom stereocenters. The predicted octanol–water partition coefficient (Wildman–Crippen LogP) is 2.13. The van der Waals surface area contributed by atoms with E-state index < -0.39 is 29.4 Å². The smallest absolute Gasteiger partial charge is 0.410 e. The summed E-state index contributed by atoms with van der Waals surface area (Å²) < 4.78 is 10.7. The summed E-state index contributed by atoms with van der Waals surface area (Å²) in [6.07, 6.45) is 4.35. The van der Waals surface area contributed by atoms with Crippen molar-refractivity contribution >= 4 is 30.0 Å². The standard InChI is InChI=1S/C29H57N7O7/c1-28(2,3)42-26(40)34-18-13-20-36(27(41)43-29(4,5)6)19-12-11-16-32-24(39)22(15-21-37)35-23(38)14-9-7-8-10-17-33-25(30)31/h22,37H,7-21H2,1-6H3,(H,32,39)(H,34,40)(H,35,38)(H4,30,31,33)/t22-/m0/s1. The van der Waals surface area contributed by atoms with Gasteiger partial charge in [0.15, 0.2) is 5.96 Å². The quantitative estimate of drug-likeness (QED) is 0.0672. The Hall–Kier alpha value is -3.29. The first-order valence-electron chi connectivity index (χ1n) is 15.2. The lowest BCUT2D eigenvalue weighted by molar-refractivity contribution is -0.129. The lowest BCUT2D eigenvalue weighted by Crippen LogP contribution is -2.47. The Balaban J connectivity index is 4.57. The number of unbranched alkanes of at least 4 members (excludes halogenated alkanes) is 4. The van der Waals surface area contributed by atoms with Gasteiger partial charge in [-0.1, -0.05) is 12.8 Å². The molecule has 0 aromatic carbocycles. The predicted molar refractivity (Wildman–Crippen MR) is 166 cm³/mol. The van der Waals surface area contributed by atoms with Crippen molar-refractivity contribution in [1.82, 2.24) is 20.9 Å². The minimum absolute atomic E-state index is 0.0666. The normalized spacial score (nSPS) is 12.1. The van der Waals surface area contributed by atoms with Crippen LogP contribution in [0, 0.1) is 0 Å². The number of nitrogens with two attached hydrogens (primary N) is 2. The molecule has 0 saturated carbocycles. The number of alkyl carbamates (subject to hydrolysis) is 1. The Morgan fingerprint density at radius 1 is 0.814 bits per heavy atom. The number of nitrogens with zero attached hydrogens (tertiary/aromatic N) is 2. The van der Waals surface area contributed by atoms with Crippen molar-refractivity contribution < 1.29 is 33.8 Å². The van der Waals surface area contributed by atoms with E-state index in [0.717, 1.165) is 19.3 Å². The highest BCUT2D eigenvalue weighted by atomic mass is 16.6. The summed E-state index contributed by atoms with van der Waals surface area (Å²) in [5, 5.41) is 17.6. The molecule has 0 bridgehead atoms. The van der Waals surface area contributed by atoms with Crippen LogP contribution in [0.4, 0.5) is 9.59 Å². The number of guanidine groups is 1. The number of rotatable bonds is 20. The summed E-state index contributed by atoms with van der Waals surface area (Å²) in [5.41, 5.74) is 9.33. The van der Waals surface area contributed by atoms with Gasteiger partial charge >= 0.3 is 12.2 Å². The molecule has 0 fully saturated rings. The molecular weight excluding hydrogens is 558 g/mol. The number of hydrogen-bond donors (Lipinski definition) is 6. The summed E-state index contributed by atoms with van der Waals surface area (Å²) in [6.45, 7) is 12.5. The van der Waals surface area contributed by atoms with E-state index in [-0.39, 0.29) is 37.2 Å². The van der Waals surface area contributed by atoms with Crippen molar-refractivity contribution in [2.75, 3.05) is 39.3 Å². The molecule has 0 aliphatic rings. The van der Waals surface area contributed by atoms with Crippen LogP contribution in [0.25, 0.3) is 0 Å². The van der Waals surface area contributed by atoms with E-state index in [0.29, 0.717) is 58.4 Å². The van der Waals surface area contributed by atoms with Gasteiger partial charge in [0.25, 0.3) is 0 Å². The summed E-state index contributed by atoms with van der Waals surface area (Å²) in [7, 11) is 0. The topological polar surface area (TPSA) is 211 Å². The maximum Gasteiger partial charge on any atom is 0.410 e. The van der Waals surface area contributed by atoms with Gasteiger partial charge in [-0.05, 0) is 80.1 Å². The van der Waals surface area contributed by atoms with E-state index in [1.807, 2.05) is 0 Å². The molecule has 4 amide bonds. The lowest BCUT2D eigenvalue weighted by atomic mass is 10.1. The molecule has 0 spiro atoms. The van der Waals surface area contributed by atoms with Gasteiger partial charge < -0.3 is 46.9 Å². The van der Waals surface area contributed by atoms with Gasteiger partial charge in [-0.3, -0.25) is 14.6 Å². The van der Waals surface area contributed by atoms with Crippen LogP contribution < -0.4 is 27.4 Å². The van der Waals surface area contributed by atoms with Gasteiger partial charge in [0.05, 0.1) is 0 Å². The third-order valence-corrected chi connectivity index (χ3v) is 5.75. The van der Waals surface area contributed by atoms with Crippen LogP contribution in [0.2, 0.25) is 0 Å². The fraction of sp³-hybridized carbons (Fsp3) is 0.828. The Labute approximate surface area is 257 Å². The third kappa shape index (κ3) is 23.9. The zero-order chi connectivity index (χ0) is 32.9. The van der Waals surface area contributed by atoms with Gasteiger partial charge in [-0.2, -0.15) is 0 Å².